The standard InChI is InChI=1S/C28H30N6O/c1-28(2,35)12-8-22-16-25-23(17-31-22)24(19-34(25)26-9-13-30-27(29)32-26)21-10-14-33(15-11-21)18-20-6-4-3-5-7-20/h3-7,9,13,16-17,19,21,35H,10-11,14-15,18H2,1-2H3,(H2,29,30,32)/i1D3,2D3. The van der Waals surface area contributed by atoms with Gasteiger partial charge in [-0.25, -0.2) is 9.97 Å². The van der Waals surface area contributed by atoms with Crippen LogP contribution in [0, 0.1) is 11.8 Å². The predicted octanol–water partition coefficient (Wildman–Crippen LogP) is 3.90. The van der Waals surface area contributed by atoms with E-state index in [2.05, 4.69) is 56.0 Å². The molecule has 4 heterocycles. The molecule has 1 aliphatic heterocycles. The van der Waals surface area contributed by atoms with E-state index in [1.807, 2.05) is 16.8 Å². The van der Waals surface area contributed by atoms with Crippen LogP contribution in [0.1, 0.15) is 57.5 Å². The van der Waals surface area contributed by atoms with Gasteiger partial charge in [0.2, 0.25) is 5.95 Å². The molecule has 0 radical (unpaired) electrons. The number of nitrogens with two attached hydrogens (primary N) is 1. The molecule has 1 saturated heterocycles. The Morgan fingerprint density at radius 3 is 2.71 bits per heavy atom. The van der Waals surface area contributed by atoms with Crippen LogP contribution in [0.25, 0.3) is 16.7 Å². The zero-order valence-corrected chi connectivity index (χ0v) is 19.1. The third-order valence-corrected chi connectivity index (χ3v) is 6.28. The van der Waals surface area contributed by atoms with Crippen molar-refractivity contribution in [3.63, 3.8) is 0 Å². The SMILES string of the molecule is [2H]C([2H])([2H])C(O)(C#Cc1cc2c(cn1)c(C1CCN(Cc3ccccc3)CC1)cn2-c1ccnc(N)n1)C([2H])([2H])[2H]. The normalized spacial score (nSPS) is 18.4. The van der Waals surface area contributed by atoms with Crippen LogP contribution in [0.15, 0.2) is 61.1 Å². The van der Waals surface area contributed by atoms with E-state index in [9.17, 15) is 5.11 Å². The molecule has 178 valence electrons. The molecule has 1 aliphatic rings. The molecule has 0 aliphatic carbocycles. The van der Waals surface area contributed by atoms with Gasteiger partial charge in [-0.05, 0) is 74.7 Å². The lowest BCUT2D eigenvalue weighted by Gasteiger charge is -2.32. The molecule has 7 heteroatoms. The molecule has 0 spiro atoms. The minimum absolute atomic E-state index is 0.106. The van der Waals surface area contributed by atoms with Gasteiger partial charge in [-0.3, -0.25) is 4.90 Å². The molecule has 0 saturated carbocycles. The van der Waals surface area contributed by atoms with Crippen molar-refractivity contribution in [2.24, 2.45) is 0 Å². The number of aliphatic hydroxyl groups is 1. The lowest BCUT2D eigenvalue weighted by molar-refractivity contribution is 0.143. The van der Waals surface area contributed by atoms with Crippen LogP contribution < -0.4 is 5.73 Å². The van der Waals surface area contributed by atoms with Crippen LogP contribution in [-0.4, -0.2) is 48.2 Å². The predicted molar refractivity (Wildman–Crippen MR) is 138 cm³/mol. The van der Waals surface area contributed by atoms with Gasteiger partial charge in [-0.2, -0.15) is 4.98 Å². The zero-order valence-electron chi connectivity index (χ0n) is 25.1. The van der Waals surface area contributed by atoms with Crippen molar-refractivity contribution >= 4 is 16.9 Å². The highest BCUT2D eigenvalue weighted by Gasteiger charge is 2.25. The molecule has 0 atom stereocenters. The zero-order chi connectivity index (χ0) is 29.4. The highest BCUT2D eigenvalue weighted by molar-refractivity contribution is 5.86. The number of likely N-dealkylation sites (tertiary alicyclic amines) is 1. The fraction of sp³-hybridized carbons (Fsp3) is 0.321. The number of anilines is 1. The molecular weight excluding hydrogens is 436 g/mol. The number of nitrogen functional groups attached to an aromatic ring is 1. The third kappa shape index (κ3) is 5.35. The summed E-state index contributed by atoms with van der Waals surface area (Å²) in [6.07, 6.45) is 7.10. The van der Waals surface area contributed by atoms with E-state index < -0.39 is 19.3 Å². The first kappa shape index (κ1) is 16.8. The first-order valence-electron chi connectivity index (χ1n) is 14.5. The van der Waals surface area contributed by atoms with E-state index in [0.717, 1.165) is 43.4 Å². The minimum Gasteiger partial charge on any atom is -0.378 e. The van der Waals surface area contributed by atoms with Crippen LogP contribution in [0.5, 0.6) is 0 Å². The van der Waals surface area contributed by atoms with Crippen molar-refractivity contribution in [2.45, 2.75) is 44.6 Å². The summed E-state index contributed by atoms with van der Waals surface area (Å²) in [7, 11) is 0. The number of benzene rings is 1. The minimum atomic E-state index is -3.25. The molecule has 35 heavy (non-hydrogen) atoms. The maximum Gasteiger partial charge on any atom is 0.221 e. The molecule has 1 fully saturated rings. The van der Waals surface area contributed by atoms with Crippen molar-refractivity contribution in [1.29, 1.82) is 0 Å². The van der Waals surface area contributed by atoms with E-state index in [1.54, 1.807) is 24.5 Å². The van der Waals surface area contributed by atoms with Crippen molar-refractivity contribution in [1.82, 2.24) is 24.4 Å². The largest absolute Gasteiger partial charge is 0.378 e. The van der Waals surface area contributed by atoms with Gasteiger partial charge in [0.25, 0.3) is 0 Å². The van der Waals surface area contributed by atoms with Gasteiger partial charge in [0, 0.05) is 38.7 Å². The molecule has 4 aromatic rings. The first-order chi connectivity index (χ1) is 19.4. The van der Waals surface area contributed by atoms with Gasteiger partial charge in [-0.15, -0.1) is 0 Å². The summed E-state index contributed by atoms with van der Waals surface area (Å²) in [4.78, 5) is 15.2. The van der Waals surface area contributed by atoms with Crippen LogP contribution in [-0.2, 0) is 6.54 Å². The molecule has 0 amide bonds. The van der Waals surface area contributed by atoms with E-state index in [-0.39, 0.29) is 17.6 Å². The Labute approximate surface area is 214 Å². The molecule has 0 unspecified atom stereocenters. The Morgan fingerprint density at radius 2 is 1.97 bits per heavy atom. The van der Waals surface area contributed by atoms with Crippen molar-refractivity contribution in [3.05, 3.63) is 77.9 Å². The number of nitrogens with zero attached hydrogens (tertiary/aromatic N) is 5. The summed E-state index contributed by atoms with van der Waals surface area (Å²) in [6.45, 7) is -3.73. The van der Waals surface area contributed by atoms with Gasteiger partial charge >= 0.3 is 0 Å². The Kier molecular flexibility index (Phi) is 4.56. The van der Waals surface area contributed by atoms with Crippen LogP contribution in [0.4, 0.5) is 5.95 Å². The van der Waals surface area contributed by atoms with Gasteiger partial charge in [0.1, 0.15) is 17.1 Å². The van der Waals surface area contributed by atoms with Crippen molar-refractivity contribution < 1.29 is 13.3 Å². The van der Waals surface area contributed by atoms with Gasteiger partial charge in [-0.1, -0.05) is 36.3 Å². The first-order valence-corrected chi connectivity index (χ1v) is 11.5. The summed E-state index contributed by atoms with van der Waals surface area (Å²) in [6, 6.07) is 13.7. The maximum absolute atomic E-state index is 10.5. The number of hydrogen-bond acceptors (Lipinski definition) is 6. The molecule has 3 aromatic heterocycles. The second-order valence-corrected chi connectivity index (χ2v) is 8.81. The smallest absolute Gasteiger partial charge is 0.221 e. The highest BCUT2D eigenvalue weighted by Crippen LogP contribution is 2.35. The van der Waals surface area contributed by atoms with E-state index >= 15 is 0 Å². The Hall–Kier alpha value is -3.73. The summed E-state index contributed by atoms with van der Waals surface area (Å²) in [5, 5.41) is 11.4. The molecule has 5 rings (SSSR count). The number of hydrogen-bond donors (Lipinski definition) is 2. The van der Waals surface area contributed by atoms with E-state index in [1.165, 1.54) is 5.56 Å². The lowest BCUT2D eigenvalue weighted by Crippen LogP contribution is -2.32. The second kappa shape index (κ2) is 9.49. The fourth-order valence-electron chi connectivity index (χ4n) is 4.62. The number of piperidine rings is 1. The maximum atomic E-state index is 10.5. The Bertz CT molecular complexity index is 1580. The summed E-state index contributed by atoms with van der Waals surface area (Å²) in [5.41, 5.74) is 5.82. The molecule has 1 aromatic carbocycles. The average Bonchev–Trinajstić information content (AvgIpc) is 3.30. The van der Waals surface area contributed by atoms with Crippen LogP contribution in [0.3, 0.4) is 0 Å². The van der Waals surface area contributed by atoms with Crippen LogP contribution in [0.2, 0.25) is 0 Å². The quantitative estimate of drug-likeness (QED) is 0.438. The van der Waals surface area contributed by atoms with Gasteiger partial charge in [0.05, 0.1) is 5.52 Å². The highest BCUT2D eigenvalue weighted by atomic mass is 16.3. The Morgan fingerprint density at radius 1 is 1.17 bits per heavy atom. The molecule has 7 nitrogen and oxygen atoms in total. The number of pyridine rings is 1. The number of fused-ring (bicyclic) bond motifs is 1. The third-order valence-electron chi connectivity index (χ3n) is 6.28. The van der Waals surface area contributed by atoms with Crippen LogP contribution >= 0.6 is 0 Å². The summed E-state index contributed by atoms with van der Waals surface area (Å²) in [5.74, 6) is 5.47. The lowest BCUT2D eigenvalue weighted by atomic mass is 9.89. The molecular formula is C28H30N6O. The van der Waals surface area contributed by atoms with Crippen molar-refractivity contribution in [2.75, 3.05) is 18.8 Å². The van der Waals surface area contributed by atoms with Crippen molar-refractivity contribution in [3.8, 4) is 17.7 Å². The van der Waals surface area contributed by atoms with Gasteiger partial charge < -0.3 is 15.4 Å². The second-order valence-electron chi connectivity index (χ2n) is 8.81. The number of aromatic nitrogens is 4. The summed E-state index contributed by atoms with van der Waals surface area (Å²) >= 11 is 0. The molecule has 3 N–H and O–H groups in total. The monoisotopic (exact) mass is 472 g/mol. The fourth-order valence-corrected chi connectivity index (χ4v) is 4.62. The van der Waals surface area contributed by atoms with E-state index in [0.29, 0.717) is 11.3 Å². The number of rotatable bonds is 4. The molecule has 0 bridgehead atoms. The summed E-state index contributed by atoms with van der Waals surface area (Å²) < 4.78 is 47.2. The average molecular weight is 473 g/mol. The van der Waals surface area contributed by atoms with Gasteiger partial charge in [0.15, 0.2) is 0 Å². The Balaban J connectivity index is 1.50. The van der Waals surface area contributed by atoms with E-state index in [4.69, 9.17) is 14.0 Å². The topological polar surface area (TPSA) is 93.1 Å².